The van der Waals surface area contributed by atoms with Gasteiger partial charge < -0.3 is 20.4 Å². The first-order chi connectivity index (χ1) is 17.9. The van der Waals surface area contributed by atoms with E-state index in [1.807, 2.05) is 43.3 Å². The van der Waals surface area contributed by atoms with E-state index in [-0.39, 0.29) is 5.82 Å². The summed E-state index contributed by atoms with van der Waals surface area (Å²) < 4.78 is 19.6. The number of ether oxygens (including phenoxy) is 1. The molecule has 0 spiro atoms. The van der Waals surface area contributed by atoms with Crippen molar-refractivity contribution in [3.63, 3.8) is 0 Å². The van der Waals surface area contributed by atoms with Crippen LogP contribution in [0.25, 0.3) is 22.4 Å². The van der Waals surface area contributed by atoms with Crippen molar-refractivity contribution in [3.8, 4) is 17.0 Å². The first-order valence-electron chi connectivity index (χ1n) is 12.1. The molecule has 1 aliphatic rings. The highest BCUT2D eigenvalue weighted by molar-refractivity contribution is 5.99. The van der Waals surface area contributed by atoms with E-state index in [9.17, 15) is 4.39 Å². The number of nitrogens with one attached hydrogen (secondary N) is 1. The standard InChI is InChI=1S/C29H29FN6O/c1-4-32-18(2)24(15-20-5-8-23(30)9-6-20)19(3)36-13-14-37-27-12-7-21(16-22(27)17-36)25-10-11-26-28(33-25)35-29(31)34-26/h4-12,16H,1,13-15,17H2,2-3H3,(H3,31,33,34,35)/b24-19+,32-18?. The number of nitrogens with zero attached hydrogens (tertiary/aromatic N) is 4. The number of halogens is 1. The molecular weight excluding hydrogens is 467 g/mol. The van der Waals surface area contributed by atoms with Gasteiger partial charge in [-0.05, 0) is 67.4 Å². The number of anilines is 1. The van der Waals surface area contributed by atoms with Crippen LogP contribution in [0.5, 0.6) is 5.75 Å². The Bertz CT molecular complexity index is 1520. The second-order valence-corrected chi connectivity index (χ2v) is 9.05. The van der Waals surface area contributed by atoms with Gasteiger partial charge in [0.25, 0.3) is 0 Å². The van der Waals surface area contributed by atoms with Crippen LogP contribution in [-0.4, -0.2) is 38.7 Å². The van der Waals surface area contributed by atoms with Crippen molar-refractivity contribution in [2.24, 2.45) is 4.99 Å². The molecule has 0 unspecified atom stereocenters. The molecule has 37 heavy (non-hydrogen) atoms. The summed E-state index contributed by atoms with van der Waals surface area (Å²) in [5.74, 6) is 0.962. The predicted octanol–water partition coefficient (Wildman–Crippen LogP) is 5.66. The molecule has 3 heterocycles. The number of hydrogen-bond acceptors (Lipinski definition) is 6. The number of aromatic amines is 1. The molecule has 2 aromatic heterocycles. The molecule has 0 fully saturated rings. The number of pyridine rings is 1. The number of fused-ring (bicyclic) bond motifs is 2. The summed E-state index contributed by atoms with van der Waals surface area (Å²) in [6.45, 7) is 9.80. The van der Waals surface area contributed by atoms with Crippen LogP contribution < -0.4 is 10.5 Å². The van der Waals surface area contributed by atoms with Gasteiger partial charge in [0.05, 0.1) is 17.8 Å². The molecule has 2 aromatic carbocycles. The molecule has 7 nitrogen and oxygen atoms in total. The van der Waals surface area contributed by atoms with E-state index in [4.69, 9.17) is 10.5 Å². The second-order valence-electron chi connectivity index (χ2n) is 9.05. The summed E-state index contributed by atoms with van der Waals surface area (Å²) in [6, 6.07) is 16.6. The number of H-pyrrole nitrogens is 1. The van der Waals surface area contributed by atoms with Gasteiger partial charge in [-0.2, -0.15) is 4.98 Å². The first-order valence-corrected chi connectivity index (χ1v) is 12.1. The van der Waals surface area contributed by atoms with Crippen LogP contribution in [0.2, 0.25) is 0 Å². The van der Waals surface area contributed by atoms with Crippen LogP contribution >= 0.6 is 0 Å². The van der Waals surface area contributed by atoms with Crippen molar-refractivity contribution in [2.45, 2.75) is 26.8 Å². The van der Waals surface area contributed by atoms with Gasteiger partial charge in [0, 0.05) is 41.7 Å². The summed E-state index contributed by atoms with van der Waals surface area (Å²) in [7, 11) is 0. The van der Waals surface area contributed by atoms with Crippen molar-refractivity contribution in [1.29, 1.82) is 0 Å². The van der Waals surface area contributed by atoms with E-state index in [1.54, 1.807) is 6.20 Å². The molecule has 188 valence electrons. The predicted molar refractivity (Wildman–Crippen MR) is 146 cm³/mol. The maximum absolute atomic E-state index is 13.5. The Kier molecular flexibility index (Phi) is 6.72. The molecule has 0 saturated carbocycles. The molecule has 1 aliphatic heterocycles. The van der Waals surface area contributed by atoms with E-state index in [1.165, 1.54) is 12.1 Å². The van der Waals surface area contributed by atoms with Gasteiger partial charge >= 0.3 is 0 Å². The van der Waals surface area contributed by atoms with Crippen molar-refractivity contribution in [3.05, 3.63) is 95.6 Å². The average Bonchev–Trinajstić information content (AvgIpc) is 3.13. The minimum absolute atomic E-state index is 0.246. The maximum atomic E-state index is 13.5. The lowest BCUT2D eigenvalue weighted by Gasteiger charge is -2.26. The van der Waals surface area contributed by atoms with Crippen molar-refractivity contribution in [2.75, 3.05) is 18.9 Å². The largest absolute Gasteiger partial charge is 0.491 e. The van der Waals surface area contributed by atoms with Gasteiger partial charge in [0.1, 0.15) is 18.2 Å². The highest BCUT2D eigenvalue weighted by Gasteiger charge is 2.20. The zero-order valence-corrected chi connectivity index (χ0v) is 21.0. The summed E-state index contributed by atoms with van der Waals surface area (Å²) in [4.78, 5) is 18.7. The van der Waals surface area contributed by atoms with Crippen molar-refractivity contribution < 1.29 is 9.13 Å². The van der Waals surface area contributed by atoms with Gasteiger partial charge in [-0.15, -0.1) is 0 Å². The normalized spacial score (nSPS) is 14.6. The van der Waals surface area contributed by atoms with E-state index < -0.39 is 0 Å². The van der Waals surface area contributed by atoms with Gasteiger partial charge in [0.2, 0.25) is 0 Å². The number of allylic oxidation sites excluding steroid dienone is 2. The molecule has 0 radical (unpaired) electrons. The Balaban J connectivity index is 1.49. The SMILES string of the molecule is C=CN=C(C)/C(Cc1ccc(F)cc1)=C(\C)N1CCOc2ccc(-c3ccc4[nH]c(N)nc4n3)cc2C1. The topological polar surface area (TPSA) is 92.4 Å². The number of hydrogen-bond donors (Lipinski definition) is 2. The van der Waals surface area contributed by atoms with E-state index >= 15 is 0 Å². The minimum Gasteiger partial charge on any atom is -0.491 e. The second kappa shape index (κ2) is 10.3. The van der Waals surface area contributed by atoms with Crippen LogP contribution in [0.15, 0.2) is 83.6 Å². The molecule has 8 heteroatoms. The third-order valence-electron chi connectivity index (χ3n) is 6.63. The molecule has 3 N–H and O–H groups in total. The van der Waals surface area contributed by atoms with E-state index in [2.05, 4.69) is 44.4 Å². The molecule has 0 saturated heterocycles. The summed E-state index contributed by atoms with van der Waals surface area (Å²) >= 11 is 0. The number of nitrogen functional groups attached to an aromatic ring is 1. The first kappa shape index (κ1) is 24.2. The lowest BCUT2D eigenvalue weighted by Crippen LogP contribution is -2.26. The lowest BCUT2D eigenvalue weighted by atomic mass is 9.98. The number of nitrogens with two attached hydrogens (primary N) is 1. The number of aliphatic imine (C=N–C) groups is 1. The number of aromatic nitrogens is 3. The molecule has 0 amide bonds. The molecule has 5 rings (SSSR count). The fraction of sp³-hybridized carbons (Fsp3) is 0.207. The molecule has 0 bridgehead atoms. The number of imidazole rings is 1. The average molecular weight is 497 g/mol. The van der Waals surface area contributed by atoms with Crippen molar-refractivity contribution >= 4 is 22.8 Å². The zero-order chi connectivity index (χ0) is 25.9. The van der Waals surface area contributed by atoms with Gasteiger partial charge in [-0.1, -0.05) is 18.7 Å². The van der Waals surface area contributed by atoms with Crippen LogP contribution in [0.4, 0.5) is 10.3 Å². The third kappa shape index (κ3) is 5.23. The number of rotatable bonds is 6. The Morgan fingerprint density at radius 3 is 2.76 bits per heavy atom. The van der Waals surface area contributed by atoms with Crippen LogP contribution in [0.3, 0.4) is 0 Å². The quantitative estimate of drug-likeness (QED) is 0.336. The monoisotopic (exact) mass is 496 g/mol. The van der Waals surface area contributed by atoms with E-state index in [0.29, 0.717) is 31.2 Å². The maximum Gasteiger partial charge on any atom is 0.200 e. The third-order valence-corrected chi connectivity index (χ3v) is 6.63. The zero-order valence-electron chi connectivity index (χ0n) is 21.0. The van der Waals surface area contributed by atoms with Crippen molar-refractivity contribution in [1.82, 2.24) is 19.9 Å². The minimum atomic E-state index is -0.246. The highest BCUT2D eigenvalue weighted by Crippen LogP contribution is 2.31. The Morgan fingerprint density at radius 2 is 1.97 bits per heavy atom. The van der Waals surface area contributed by atoms with Gasteiger partial charge in [-0.25, -0.2) is 9.37 Å². The van der Waals surface area contributed by atoms with Gasteiger partial charge in [-0.3, -0.25) is 4.99 Å². The number of benzene rings is 2. The van der Waals surface area contributed by atoms with Gasteiger partial charge in [0.15, 0.2) is 11.6 Å². The summed E-state index contributed by atoms with van der Waals surface area (Å²) in [6.07, 6.45) is 2.19. The Hall–Kier alpha value is -4.46. The molecular formula is C29H29FN6O. The lowest BCUT2D eigenvalue weighted by molar-refractivity contribution is 0.263. The molecule has 0 aliphatic carbocycles. The Morgan fingerprint density at radius 1 is 1.16 bits per heavy atom. The fourth-order valence-electron chi connectivity index (χ4n) is 4.64. The molecule has 4 aromatic rings. The smallest absolute Gasteiger partial charge is 0.200 e. The Labute approximate surface area is 215 Å². The molecule has 0 atom stereocenters. The van der Waals surface area contributed by atoms with E-state index in [0.717, 1.165) is 57.2 Å². The van der Waals surface area contributed by atoms with Crippen LogP contribution in [-0.2, 0) is 13.0 Å². The summed E-state index contributed by atoms with van der Waals surface area (Å²) in [5.41, 5.74) is 14.1. The highest BCUT2D eigenvalue weighted by atomic mass is 19.1. The van der Waals surface area contributed by atoms with Crippen LogP contribution in [0.1, 0.15) is 25.0 Å². The fourth-order valence-corrected chi connectivity index (χ4v) is 4.64. The van der Waals surface area contributed by atoms with Crippen LogP contribution in [0, 0.1) is 5.82 Å². The summed E-state index contributed by atoms with van der Waals surface area (Å²) in [5, 5.41) is 0.